The highest BCUT2D eigenvalue weighted by Crippen LogP contribution is 2.28. The molecule has 3 nitrogen and oxygen atoms in total. The predicted octanol–water partition coefficient (Wildman–Crippen LogP) is 4.53. The van der Waals surface area contributed by atoms with Gasteiger partial charge in [-0.05, 0) is 42.0 Å². The van der Waals surface area contributed by atoms with Gasteiger partial charge in [0.1, 0.15) is 5.75 Å². The van der Waals surface area contributed by atoms with Crippen LogP contribution in [0.4, 0.5) is 0 Å². The number of hydrogen-bond donors (Lipinski definition) is 1. The van der Waals surface area contributed by atoms with E-state index in [1.807, 2.05) is 42.5 Å². The molecule has 0 aliphatic heterocycles. The lowest BCUT2D eigenvalue weighted by molar-refractivity contribution is -0.116. The first-order valence-electron chi connectivity index (χ1n) is 8.74. The summed E-state index contributed by atoms with van der Waals surface area (Å²) in [6.07, 6.45) is 4.26. The normalized spacial score (nSPS) is 11.0. The summed E-state index contributed by atoms with van der Waals surface area (Å²) in [4.78, 5) is 12.1. The molecule has 3 aromatic rings. The highest BCUT2D eigenvalue weighted by atomic mass is 16.5. The molecule has 3 rings (SSSR count). The van der Waals surface area contributed by atoms with Gasteiger partial charge in [0, 0.05) is 18.0 Å². The van der Waals surface area contributed by atoms with Crippen molar-refractivity contribution in [2.24, 2.45) is 0 Å². The molecule has 0 spiro atoms. The molecule has 0 atom stereocenters. The third-order valence-electron chi connectivity index (χ3n) is 4.39. The standard InChI is InChI=1S/C23H23NO2/c1-17-7-9-18(10-8-17)15-16-24-23(25)14-12-19-11-13-22(26-2)21-6-4-3-5-20(19)21/h3-14H,15-16H2,1-2H3,(H,24,25)/b14-12+. The summed E-state index contributed by atoms with van der Waals surface area (Å²) in [6, 6.07) is 20.3. The summed E-state index contributed by atoms with van der Waals surface area (Å²) in [5.41, 5.74) is 3.46. The Morgan fingerprint density at radius 1 is 1.00 bits per heavy atom. The number of benzene rings is 3. The lowest BCUT2D eigenvalue weighted by Crippen LogP contribution is -2.23. The molecule has 3 aromatic carbocycles. The van der Waals surface area contributed by atoms with Crippen LogP contribution in [0, 0.1) is 6.92 Å². The lowest BCUT2D eigenvalue weighted by atomic mass is 10.0. The second kappa shape index (κ2) is 8.34. The number of carbonyl (C=O) groups excluding carboxylic acids is 1. The minimum atomic E-state index is -0.0861. The molecule has 0 heterocycles. The Balaban J connectivity index is 1.63. The Hall–Kier alpha value is -3.07. The SMILES string of the molecule is COc1ccc(/C=C/C(=O)NCCc2ccc(C)cc2)c2ccccc12. The van der Waals surface area contributed by atoms with Crippen molar-refractivity contribution in [3.05, 3.63) is 83.4 Å². The fourth-order valence-corrected chi connectivity index (χ4v) is 2.93. The zero-order valence-electron chi connectivity index (χ0n) is 15.2. The van der Waals surface area contributed by atoms with Crippen molar-refractivity contribution in [1.29, 1.82) is 0 Å². The van der Waals surface area contributed by atoms with E-state index in [0.29, 0.717) is 6.54 Å². The van der Waals surface area contributed by atoms with Crippen molar-refractivity contribution < 1.29 is 9.53 Å². The number of ether oxygens (including phenoxy) is 1. The van der Waals surface area contributed by atoms with Gasteiger partial charge in [0.2, 0.25) is 5.91 Å². The Kier molecular flexibility index (Phi) is 5.69. The summed E-state index contributed by atoms with van der Waals surface area (Å²) >= 11 is 0. The van der Waals surface area contributed by atoms with Gasteiger partial charge in [0.25, 0.3) is 0 Å². The Labute approximate surface area is 154 Å². The molecule has 0 saturated carbocycles. The number of fused-ring (bicyclic) bond motifs is 1. The molecule has 3 heteroatoms. The smallest absolute Gasteiger partial charge is 0.244 e. The molecule has 0 saturated heterocycles. The molecule has 0 bridgehead atoms. The van der Waals surface area contributed by atoms with Crippen LogP contribution in [0.3, 0.4) is 0 Å². The fourth-order valence-electron chi connectivity index (χ4n) is 2.93. The summed E-state index contributed by atoms with van der Waals surface area (Å²) in [6.45, 7) is 2.69. The van der Waals surface area contributed by atoms with E-state index in [2.05, 4.69) is 36.5 Å². The van der Waals surface area contributed by atoms with E-state index in [-0.39, 0.29) is 5.91 Å². The van der Waals surface area contributed by atoms with Crippen LogP contribution in [-0.4, -0.2) is 19.6 Å². The van der Waals surface area contributed by atoms with Crippen LogP contribution in [0.15, 0.2) is 66.7 Å². The van der Waals surface area contributed by atoms with Crippen molar-refractivity contribution in [3.8, 4) is 5.75 Å². The Bertz CT molecular complexity index is 927. The number of methoxy groups -OCH3 is 1. The number of rotatable bonds is 6. The second-order valence-corrected chi connectivity index (χ2v) is 6.26. The molecule has 0 fully saturated rings. The second-order valence-electron chi connectivity index (χ2n) is 6.26. The molecule has 0 aliphatic rings. The van der Waals surface area contributed by atoms with Gasteiger partial charge in [0.05, 0.1) is 7.11 Å². The molecule has 0 aliphatic carbocycles. The van der Waals surface area contributed by atoms with E-state index in [9.17, 15) is 4.79 Å². The number of carbonyl (C=O) groups is 1. The van der Waals surface area contributed by atoms with Crippen LogP contribution in [0.25, 0.3) is 16.8 Å². The van der Waals surface area contributed by atoms with Gasteiger partial charge >= 0.3 is 0 Å². The summed E-state index contributed by atoms with van der Waals surface area (Å²) in [5.74, 6) is 0.748. The first-order valence-corrected chi connectivity index (χ1v) is 8.74. The van der Waals surface area contributed by atoms with Gasteiger partial charge in [-0.3, -0.25) is 4.79 Å². The largest absolute Gasteiger partial charge is 0.496 e. The average molecular weight is 345 g/mol. The molecular weight excluding hydrogens is 322 g/mol. The maximum absolute atomic E-state index is 12.1. The Morgan fingerprint density at radius 3 is 2.46 bits per heavy atom. The van der Waals surface area contributed by atoms with Crippen LogP contribution in [0.5, 0.6) is 5.75 Å². The monoisotopic (exact) mass is 345 g/mol. The number of hydrogen-bond acceptors (Lipinski definition) is 2. The number of nitrogens with one attached hydrogen (secondary N) is 1. The van der Waals surface area contributed by atoms with E-state index in [1.165, 1.54) is 11.1 Å². The van der Waals surface area contributed by atoms with Crippen molar-refractivity contribution >= 4 is 22.8 Å². The molecule has 0 radical (unpaired) electrons. The third kappa shape index (κ3) is 4.31. The van der Waals surface area contributed by atoms with Gasteiger partial charge in [0.15, 0.2) is 0 Å². The minimum Gasteiger partial charge on any atom is -0.496 e. The number of aryl methyl sites for hydroxylation is 1. The highest BCUT2D eigenvalue weighted by Gasteiger charge is 2.04. The van der Waals surface area contributed by atoms with E-state index < -0.39 is 0 Å². The fraction of sp³-hybridized carbons (Fsp3) is 0.174. The summed E-state index contributed by atoms with van der Waals surface area (Å²) in [5, 5.41) is 5.04. The molecule has 0 aromatic heterocycles. The first-order chi connectivity index (χ1) is 12.7. The van der Waals surface area contributed by atoms with Crippen LogP contribution in [0.1, 0.15) is 16.7 Å². The van der Waals surface area contributed by atoms with Crippen LogP contribution >= 0.6 is 0 Å². The lowest BCUT2D eigenvalue weighted by Gasteiger charge is -2.08. The number of amides is 1. The van der Waals surface area contributed by atoms with Crippen LogP contribution in [0.2, 0.25) is 0 Å². The first kappa shape index (κ1) is 17.7. The topological polar surface area (TPSA) is 38.3 Å². The Morgan fingerprint density at radius 2 is 1.73 bits per heavy atom. The third-order valence-corrected chi connectivity index (χ3v) is 4.39. The predicted molar refractivity (Wildman–Crippen MR) is 107 cm³/mol. The maximum Gasteiger partial charge on any atom is 0.244 e. The van der Waals surface area contributed by atoms with Gasteiger partial charge in [-0.1, -0.05) is 60.2 Å². The zero-order chi connectivity index (χ0) is 18.4. The quantitative estimate of drug-likeness (QED) is 0.667. The average Bonchev–Trinajstić information content (AvgIpc) is 2.67. The molecule has 26 heavy (non-hydrogen) atoms. The van der Waals surface area contributed by atoms with Crippen molar-refractivity contribution in [2.45, 2.75) is 13.3 Å². The highest BCUT2D eigenvalue weighted by molar-refractivity contribution is 5.98. The van der Waals surface area contributed by atoms with E-state index in [0.717, 1.165) is 28.5 Å². The van der Waals surface area contributed by atoms with Crippen LogP contribution in [-0.2, 0) is 11.2 Å². The van der Waals surface area contributed by atoms with Crippen molar-refractivity contribution in [3.63, 3.8) is 0 Å². The summed E-state index contributed by atoms with van der Waals surface area (Å²) < 4.78 is 5.41. The maximum atomic E-state index is 12.1. The van der Waals surface area contributed by atoms with E-state index in [4.69, 9.17) is 4.74 Å². The van der Waals surface area contributed by atoms with Gasteiger partial charge in [-0.15, -0.1) is 0 Å². The van der Waals surface area contributed by atoms with Gasteiger partial charge < -0.3 is 10.1 Å². The molecule has 1 N–H and O–H groups in total. The zero-order valence-corrected chi connectivity index (χ0v) is 15.2. The van der Waals surface area contributed by atoms with Crippen LogP contribution < -0.4 is 10.1 Å². The van der Waals surface area contributed by atoms with Crippen molar-refractivity contribution in [1.82, 2.24) is 5.32 Å². The molecule has 0 unspecified atom stereocenters. The van der Waals surface area contributed by atoms with Gasteiger partial charge in [-0.2, -0.15) is 0 Å². The molecule has 1 amide bonds. The molecule has 132 valence electrons. The van der Waals surface area contributed by atoms with E-state index >= 15 is 0 Å². The van der Waals surface area contributed by atoms with Crippen molar-refractivity contribution in [2.75, 3.05) is 13.7 Å². The summed E-state index contributed by atoms with van der Waals surface area (Å²) in [7, 11) is 1.67. The molecular formula is C23H23NO2. The minimum absolute atomic E-state index is 0.0861. The van der Waals surface area contributed by atoms with Gasteiger partial charge in [-0.25, -0.2) is 0 Å². The van der Waals surface area contributed by atoms with E-state index in [1.54, 1.807) is 13.2 Å².